The van der Waals surface area contributed by atoms with Crippen LogP contribution in [0.5, 0.6) is 0 Å². The summed E-state index contributed by atoms with van der Waals surface area (Å²) in [6.07, 6.45) is -0.743. The minimum Gasteiger partial charge on any atom is -0.510 e. The molecule has 14 heavy (non-hydrogen) atoms. The third-order valence-electron chi connectivity index (χ3n) is 1.32. The number of allylic oxidation sites excluding steroid dienone is 1. The number of nitroso groups, excluding NO2 is 1. The SMILES string of the molecule is COC(=O)/C(N=O)=C(/O)CCC(=O)O. The number of aliphatic hydroxyl groups excluding tert-OH is 1. The highest BCUT2D eigenvalue weighted by Gasteiger charge is 2.17. The molecule has 0 aliphatic heterocycles. The first-order chi connectivity index (χ1) is 6.52. The molecule has 0 rings (SSSR count). The minimum atomic E-state index is -1.16. The number of rotatable bonds is 5. The van der Waals surface area contributed by atoms with Crippen LogP contribution in [0.4, 0.5) is 0 Å². The molecule has 0 unspecified atom stereocenters. The monoisotopic (exact) mass is 203 g/mol. The summed E-state index contributed by atoms with van der Waals surface area (Å²) in [5.41, 5.74) is -0.797. The molecule has 0 saturated heterocycles. The molecule has 0 aromatic carbocycles. The second kappa shape index (κ2) is 5.68. The van der Waals surface area contributed by atoms with Gasteiger partial charge in [-0.3, -0.25) is 4.79 Å². The fraction of sp³-hybridized carbons (Fsp3) is 0.429. The lowest BCUT2D eigenvalue weighted by Crippen LogP contribution is -2.07. The Balaban J connectivity index is 4.58. The zero-order chi connectivity index (χ0) is 11.1. The van der Waals surface area contributed by atoms with Crippen LogP contribution in [0.3, 0.4) is 0 Å². The smallest absolute Gasteiger partial charge is 0.363 e. The van der Waals surface area contributed by atoms with E-state index >= 15 is 0 Å². The predicted molar refractivity (Wildman–Crippen MR) is 44.3 cm³/mol. The first-order valence-corrected chi connectivity index (χ1v) is 3.58. The largest absolute Gasteiger partial charge is 0.510 e. The van der Waals surface area contributed by atoms with Gasteiger partial charge in [0.2, 0.25) is 5.70 Å². The molecule has 0 amide bonds. The number of hydrogen-bond acceptors (Lipinski definition) is 6. The van der Waals surface area contributed by atoms with E-state index in [1.54, 1.807) is 0 Å². The molecule has 0 aliphatic rings. The number of aliphatic carboxylic acids is 1. The average Bonchev–Trinajstić information content (AvgIpc) is 2.15. The van der Waals surface area contributed by atoms with Gasteiger partial charge in [0, 0.05) is 6.42 Å². The van der Waals surface area contributed by atoms with Crippen LogP contribution in [0.1, 0.15) is 12.8 Å². The Labute approximate surface area is 79.0 Å². The van der Waals surface area contributed by atoms with Crippen molar-refractivity contribution in [2.45, 2.75) is 12.8 Å². The molecule has 0 fully saturated rings. The minimum absolute atomic E-state index is 0.342. The quantitative estimate of drug-likeness (QED) is 0.292. The van der Waals surface area contributed by atoms with Gasteiger partial charge >= 0.3 is 11.9 Å². The Hall–Kier alpha value is -1.92. The van der Waals surface area contributed by atoms with E-state index in [-0.39, 0.29) is 6.42 Å². The van der Waals surface area contributed by atoms with E-state index in [2.05, 4.69) is 9.91 Å². The topological polar surface area (TPSA) is 113 Å². The summed E-state index contributed by atoms with van der Waals surface area (Å²) in [6, 6.07) is 0. The van der Waals surface area contributed by atoms with Crippen molar-refractivity contribution >= 4 is 11.9 Å². The van der Waals surface area contributed by atoms with Crippen molar-refractivity contribution in [1.29, 1.82) is 0 Å². The van der Waals surface area contributed by atoms with Crippen molar-refractivity contribution in [3.05, 3.63) is 16.4 Å². The molecule has 0 atom stereocenters. The van der Waals surface area contributed by atoms with E-state index in [0.717, 1.165) is 7.11 Å². The Morgan fingerprint density at radius 1 is 1.29 bits per heavy atom. The Morgan fingerprint density at radius 3 is 2.21 bits per heavy atom. The lowest BCUT2D eigenvalue weighted by Gasteiger charge is -2.00. The molecular weight excluding hydrogens is 194 g/mol. The van der Waals surface area contributed by atoms with Crippen molar-refractivity contribution in [2.24, 2.45) is 5.18 Å². The van der Waals surface area contributed by atoms with Crippen LogP contribution < -0.4 is 0 Å². The highest BCUT2D eigenvalue weighted by molar-refractivity contribution is 5.88. The summed E-state index contributed by atoms with van der Waals surface area (Å²) >= 11 is 0. The highest BCUT2D eigenvalue weighted by Crippen LogP contribution is 2.10. The molecule has 0 saturated carbocycles. The van der Waals surface area contributed by atoms with E-state index in [9.17, 15) is 14.5 Å². The van der Waals surface area contributed by atoms with Gasteiger partial charge < -0.3 is 14.9 Å². The molecule has 0 bridgehead atoms. The number of hydrogen-bond donors (Lipinski definition) is 2. The molecule has 0 spiro atoms. The molecule has 0 heterocycles. The lowest BCUT2D eigenvalue weighted by atomic mass is 10.2. The maximum atomic E-state index is 10.7. The summed E-state index contributed by atoms with van der Waals surface area (Å²) in [4.78, 5) is 30.9. The van der Waals surface area contributed by atoms with Crippen molar-refractivity contribution in [2.75, 3.05) is 7.11 Å². The zero-order valence-corrected chi connectivity index (χ0v) is 7.39. The van der Waals surface area contributed by atoms with Gasteiger partial charge in [-0.1, -0.05) is 0 Å². The third kappa shape index (κ3) is 3.65. The number of carboxylic acid groups (broad SMARTS) is 1. The molecule has 7 nitrogen and oxygen atoms in total. The molecule has 0 aromatic rings. The number of carbonyl (C=O) groups is 2. The average molecular weight is 203 g/mol. The maximum Gasteiger partial charge on any atom is 0.363 e. The molecule has 0 radical (unpaired) electrons. The van der Waals surface area contributed by atoms with Gasteiger partial charge in [0.25, 0.3) is 0 Å². The standard InChI is InChI=1S/C7H9NO6/c1-14-7(12)6(8-13)4(9)2-3-5(10)11/h9H,2-3H2,1H3,(H,10,11)/b6-4-. The number of ether oxygens (including phenoxy) is 1. The van der Waals surface area contributed by atoms with Gasteiger partial charge in [-0.25, -0.2) is 4.79 Å². The molecule has 7 heteroatoms. The summed E-state index contributed by atoms with van der Waals surface area (Å²) in [6.45, 7) is 0. The van der Waals surface area contributed by atoms with Crippen LogP contribution in [0.25, 0.3) is 0 Å². The second-order valence-electron chi connectivity index (χ2n) is 2.27. The van der Waals surface area contributed by atoms with Crippen molar-refractivity contribution in [1.82, 2.24) is 0 Å². The van der Waals surface area contributed by atoms with E-state index in [1.807, 2.05) is 0 Å². The van der Waals surface area contributed by atoms with Crippen molar-refractivity contribution in [3.8, 4) is 0 Å². The predicted octanol–water partition coefficient (Wildman–Crippen LogP) is 0.560. The van der Waals surface area contributed by atoms with Gasteiger partial charge in [-0.05, 0) is 5.18 Å². The van der Waals surface area contributed by atoms with Gasteiger partial charge in [-0.2, -0.15) is 0 Å². The number of esters is 1. The summed E-state index contributed by atoms with van der Waals surface area (Å²) in [5.74, 6) is -2.94. The lowest BCUT2D eigenvalue weighted by molar-refractivity contribution is -0.138. The molecular formula is C7H9NO6. The number of methoxy groups -OCH3 is 1. The van der Waals surface area contributed by atoms with Gasteiger partial charge in [0.1, 0.15) is 5.76 Å². The van der Waals surface area contributed by atoms with Crippen molar-refractivity contribution in [3.63, 3.8) is 0 Å². The first kappa shape index (κ1) is 12.1. The Kier molecular flexibility index (Phi) is 4.90. The van der Waals surface area contributed by atoms with E-state index < -0.39 is 29.8 Å². The molecule has 0 aromatic heterocycles. The van der Waals surface area contributed by atoms with Crippen molar-refractivity contribution < 1.29 is 24.5 Å². The highest BCUT2D eigenvalue weighted by atomic mass is 16.5. The second-order valence-corrected chi connectivity index (χ2v) is 2.27. The summed E-state index contributed by atoms with van der Waals surface area (Å²) in [7, 11) is 1.01. The van der Waals surface area contributed by atoms with Crippen LogP contribution >= 0.6 is 0 Å². The summed E-state index contributed by atoms with van der Waals surface area (Å²) in [5, 5.41) is 19.6. The molecule has 78 valence electrons. The van der Waals surface area contributed by atoms with Gasteiger partial charge in [-0.15, -0.1) is 4.91 Å². The van der Waals surface area contributed by atoms with Crippen LogP contribution in [-0.4, -0.2) is 29.3 Å². The number of carboxylic acids is 1. The van der Waals surface area contributed by atoms with E-state index in [4.69, 9.17) is 10.2 Å². The van der Waals surface area contributed by atoms with Crippen LogP contribution in [0.2, 0.25) is 0 Å². The normalized spacial score (nSPS) is 11.5. The van der Waals surface area contributed by atoms with Gasteiger partial charge in [0.15, 0.2) is 0 Å². The third-order valence-corrected chi connectivity index (χ3v) is 1.32. The fourth-order valence-corrected chi connectivity index (χ4v) is 0.648. The van der Waals surface area contributed by atoms with E-state index in [0.29, 0.717) is 0 Å². The zero-order valence-electron chi connectivity index (χ0n) is 7.39. The maximum absolute atomic E-state index is 10.7. The van der Waals surface area contributed by atoms with Gasteiger partial charge in [0.05, 0.1) is 13.5 Å². The molecule has 0 aliphatic carbocycles. The first-order valence-electron chi connectivity index (χ1n) is 3.58. The summed E-state index contributed by atoms with van der Waals surface area (Å²) < 4.78 is 4.13. The van der Waals surface area contributed by atoms with Crippen LogP contribution in [-0.2, 0) is 14.3 Å². The molecule has 2 N–H and O–H groups in total. The fourth-order valence-electron chi connectivity index (χ4n) is 0.648. The van der Waals surface area contributed by atoms with Crippen LogP contribution in [0.15, 0.2) is 16.6 Å². The Morgan fingerprint density at radius 2 is 1.86 bits per heavy atom. The Bertz CT molecular complexity index is 282. The number of nitrogens with zero attached hydrogens (tertiary/aromatic N) is 1. The number of aliphatic hydroxyl groups is 1. The number of carbonyl (C=O) groups excluding carboxylic acids is 1. The van der Waals surface area contributed by atoms with E-state index in [1.165, 1.54) is 0 Å². The van der Waals surface area contributed by atoms with Crippen LogP contribution in [0, 0.1) is 4.91 Å².